The van der Waals surface area contributed by atoms with Gasteiger partial charge in [0.2, 0.25) is 5.91 Å². The Balaban J connectivity index is 1.45. The van der Waals surface area contributed by atoms with Crippen LogP contribution >= 0.6 is 0 Å². The van der Waals surface area contributed by atoms with Gasteiger partial charge in [0.05, 0.1) is 12.8 Å². The topological polar surface area (TPSA) is 66.3 Å². The number of carbonyl (C=O) groups is 1. The van der Waals surface area contributed by atoms with Crippen molar-refractivity contribution in [3.05, 3.63) is 24.3 Å². The van der Waals surface area contributed by atoms with Crippen molar-refractivity contribution in [1.82, 2.24) is 5.32 Å². The minimum atomic E-state index is -0.386. The Morgan fingerprint density at radius 2 is 2.24 bits per heavy atom. The highest BCUT2D eigenvalue weighted by molar-refractivity contribution is 5.76. The smallest absolute Gasteiger partial charge is 0.220 e. The van der Waals surface area contributed by atoms with Gasteiger partial charge in [0.15, 0.2) is 5.66 Å². The molecule has 1 amide bonds. The summed E-state index contributed by atoms with van der Waals surface area (Å²) >= 11 is 0. The summed E-state index contributed by atoms with van der Waals surface area (Å²) in [5, 5.41) is 11.3. The predicted molar refractivity (Wildman–Crippen MR) is 96.6 cm³/mol. The van der Waals surface area contributed by atoms with Crippen LogP contribution in [0.1, 0.15) is 32.1 Å². The quantitative estimate of drug-likeness (QED) is 0.740. The lowest BCUT2D eigenvalue weighted by atomic mass is 10.0. The van der Waals surface area contributed by atoms with E-state index in [1.165, 1.54) is 0 Å². The maximum Gasteiger partial charge on any atom is 0.220 e. The second-order valence-electron chi connectivity index (χ2n) is 6.56. The largest absolute Gasteiger partial charge is 0.495 e. The fourth-order valence-corrected chi connectivity index (χ4v) is 3.27. The van der Waals surface area contributed by atoms with Crippen molar-refractivity contribution in [1.29, 1.82) is 0 Å². The summed E-state index contributed by atoms with van der Waals surface area (Å²) in [4.78, 5) is 14.5. The number of terminal acetylenes is 1. The Morgan fingerprint density at radius 1 is 1.44 bits per heavy atom. The van der Waals surface area contributed by atoms with Gasteiger partial charge < -0.3 is 15.0 Å². The van der Waals surface area contributed by atoms with E-state index in [1.807, 2.05) is 24.3 Å². The monoisotopic (exact) mass is 340 g/mol. The van der Waals surface area contributed by atoms with Gasteiger partial charge in [-0.05, 0) is 18.6 Å². The first-order valence-corrected chi connectivity index (χ1v) is 8.71. The van der Waals surface area contributed by atoms with E-state index in [-0.39, 0.29) is 17.6 Å². The molecular formula is C19H24N4O2. The number of benzene rings is 1. The number of amides is 1. The first-order valence-electron chi connectivity index (χ1n) is 8.71. The average Bonchev–Trinajstić information content (AvgIpc) is 3.27. The van der Waals surface area contributed by atoms with Crippen LogP contribution in [0.25, 0.3) is 0 Å². The Labute approximate surface area is 148 Å². The zero-order valence-electron chi connectivity index (χ0n) is 14.6. The third-order valence-electron chi connectivity index (χ3n) is 4.78. The molecule has 0 bridgehead atoms. The number of para-hydroxylation sites is 2. The van der Waals surface area contributed by atoms with Crippen molar-refractivity contribution in [2.75, 3.05) is 25.1 Å². The Kier molecular flexibility index (Phi) is 5.22. The molecule has 132 valence electrons. The molecule has 1 aromatic carbocycles. The number of anilines is 1. The normalized spacial score (nSPS) is 20.2. The molecule has 1 unspecified atom stereocenters. The van der Waals surface area contributed by atoms with Gasteiger partial charge in [-0.1, -0.05) is 12.1 Å². The van der Waals surface area contributed by atoms with E-state index in [1.54, 1.807) is 7.11 Å². The molecule has 2 heterocycles. The van der Waals surface area contributed by atoms with E-state index in [9.17, 15) is 4.79 Å². The summed E-state index contributed by atoms with van der Waals surface area (Å²) < 4.78 is 5.43. The zero-order chi connectivity index (χ0) is 17.7. The molecule has 1 fully saturated rings. The molecule has 6 nitrogen and oxygen atoms in total. The number of ether oxygens (including phenoxy) is 1. The van der Waals surface area contributed by atoms with Crippen LogP contribution in [0.3, 0.4) is 0 Å². The van der Waals surface area contributed by atoms with Gasteiger partial charge in [-0.25, -0.2) is 0 Å². The minimum absolute atomic E-state index is 0.0595. The Hall–Kier alpha value is -2.55. The van der Waals surface area contributed by atoms with Crippen LogP contribution < -0.4 is 15.0 Å². The highest BCUT2D eigenvalue weighted by atomic mass is 16.5. The van der Waals surface area contributed by atoms with Crippen LogP contribution in [0.15, 0.2) is 34.5 Å². The molecule has 0 aliphatic carbocycles. The van der Waals surface area contributed by atoms with Crippen LogP contribution in [0.4, 0.5) is 5.69 Å². The number of hydrogen-bond donors (Lipinski definition) is 1. The summed E-state index contributed by atoms with van der Waals surface area (Å²) in [5.74, 6) is 3.53. The summed E-state index contributed by atoms with van der Waals surface area (Å²) in [6.45, 7) is 1.70. The fourth-order valence-electron chi connectivity index (χ4n) is 3.27. The lowest BCUT2D eigenvalue weighted by molar-refractivity contribution is -0.121. The molecule has 0 radical (unpaired) electrons. The molecule has 25 heavy (non-hydrogen) atoms. The number of methoxy groups -OCH3 is 1. The maximum atomic E-state index is 12.2. The van der Waals surface area contributed by atoms with Gasteiger partial charge in [-0.3, -0.25) is 4.79 Å². The van der Waals surface area contributed by atoms with Crippen LogP contribution in [-0.4, -0.2) is 37.8 Å². The zero-order valence-corrected chi connectivity index (χ0v) is 14.6. The molecule has 1 saturated heterocycles. The number of hydrogen-bond acceptors (Lipinski definition) is 5. The van der Waals surface area contributed by atoms with Gasteiger partial charge >= 0.3 is 0 Å². The summed E-state index contributed by atoms with van der Waals surface area (Å²) in [5.41, 5.74) is 0.689. The molecule has 0 aromatic heterocycles. The van der Waals surface area contributed by atoms with E-state index >= 15 is 0 Å². The summed E-state index contributed by atoms with van der Waals surface area (Å²) in [6.07, 6.45) is 8.67. The number of rotatable bonds is 8. The van der Waals surface area contributed by atoms with E-state index in [0.29, 0.717) is 19.3 Å². The van der Waals surface area contributed by atoms with Crippen LogP contribution in [0.5, 0.6) is 5.75 Å². The van der Waals surface area contributed by atoms with Crippen molar-refractivity contribution in [2.45, 2.75) is 43.8 Å². The van der Waals surface area contributed by atoms with Gasteiger partial charge in [-0.15, -0.1) is 12.3 Å². The van der Waals surface area contributed by atoms with Crippen molar-refractivity contribution in [3.8, 4) is 18.1 Å². The van der Waals surface area contributed by atoms with Crippen molar-refractivity contribution in [2.24, 2.45) is 10.2 Å². The summed E-state index contributed by atoms with van der Waals surface area (Å²) in [6, 6.07) is 8.13. The third-order valence-corrected chi connectivity index (χ3v) is 4.78. The van der Waals surface area contributed by atoms with Gasteiger partial charge in [0.1, 0.15) is 5.75 Å². The second kappa shape index (κ2) is 7.56. The van der Waals surface area contributed by atoms with Crippen LogP contribution in [0.2, 0.25) is 0 Å². The van der Waals surface area contributed by atoms with E-state index in [4.69, 9.17) is 11.2 Å². The number of nitrogens with zero attached hydrogens (tertiary/aromatic N) is 3. The molecule has 1 aromatic rings. The SMILES string of the molecule is C#CCCC1(CCC(=O)NC2CCN(c3ccccc3OC)C2)N=N1. The first kappa shape index (κ1) is 17.3. The minimum Gasteiger partial charge on any atom is -0.495 e. The van der Waals surface area contributed by atoms with Gasteiger partial charge in [-0.2, -0.15) is 10.2 Å². The molecule has 3 rings (SSSR count). The van der Waals surface area contributed by atoms with E-state index in [2.05, 4.69) is 26.4 Å². The standard InChI is InChI=1S/C19H24N4O2/c1-3-4-11-19(21-22-19)12-9-18(24)20-15-10-13-23(14-15)16-7-5-6-8-17(16)25-2/h1,5-8,15H,4,9-14H2,2H3,(H,20,24). The number of carbonyl (C=O) groups excluding carboxylic acids is 1. The van der Waals surface area contributed by atoms with Crippen molar-refractivity contribution < 1.29 is 9.53 Å². The Morgan fingerprint density at radius 3 is 2.96 bits per heavy atom. The number of nitrogens with one attached hydrogen (secondary N) is 1. The van der Waals surface area contributed by atoms with Crippen molar-refractivity contribution in [3.63, 3.8) is 0 Å². The molecule has 6 heteroatoms. The molecule has 0 saturated carbocycles. The lowest BCUT2D eigenvalue weighted by Crippen LogP contribution is -2.37. The predicted octanol–water partition coefficient (Wildman–Crippen LogP) is 2.75. The summed E-state index contributed by atoms with van der Waals surface area (Å²) in [7, 11) is 1.68. The molecular weight excluding hydrogens is 316 g/mol. The highest BCUT2D eigenvalue weighted by Crippen LogP contribution is 2.37. The van der Waals surface area contributed by atoms with Gasteiger partial charge in [0, 0.05) is 44.8 Å². The van der Waals surface area contributed by atoms with Crippen molar-refractivity contribution >= 4 is 11.6 Å². The highest BCUT2D eigenvalue weighted by Gasteiger charge is 2.39. The third kappa shape index (κ3) is 4.30. The van der Waals surface area contributed by atoms with Crippen LogP contribution in [0, 0.1) is 12.3 Å². The fraction of sp³-hybridized carbons (Fsp3) is 0.526. The molecule has 2 aliphatic heterocycles. The van der Waals surface area contributed by atoms with Gasteiger partial charge in [0.25, 0.3) is 0 Å². The average molecular weight is 340 g/mol. The first-order chi connectivity index (χ1) is 12.2. The molecule has 1 atom stereocenters. The van der Waals surface area contributed by atoms with Crippen LogP contribution in [-0.2, 0) is 4.79 Å². The molecule has 2 aliphatic rings. The molecule has 0 spiro atoms. The molecule has 1 N–H and O–H groups in total. The maximum absolute atomic E-state index is 12.2. The van der Waals surface area contributed by atoms with E-state index < -0.39 is 0 Å². The Bertz CT molecular complexity index is 689. The lowest BCUT2D eigenvalue weighted by Gasteiger charge is -2.21. The second-order valence-corrected chi connectivity index (χ2v) is 6.56. The van der Waals surface area contributed by atoms with E-state index in [0.717, 1.165) is 37.4 Å².